The Morgan fingerprint density at radius 3 is 1.05 bits per heavy atom. The van der Waals surface area contributed by atoms with Crippen LogP contribution in [-0.4, -0.2) is 37.2 Å². The number of carbonyl (C=O) groups excluding carboxylic acids is 3. The van der Waals surface area contributed by atoms with Gasteiger partial charge in [-0.3, -0.25) is 14.4 Å². The zero-order valence-electron chi connectivity index (χ0n) is 41.8. The molecule has 64 heavy (non-hydrogen) atoms. The number of ether oxygens (including phenoxy) is 3. The molecule has 0 spiro atoms. The summed E-state index contributed by atoms with van der Waals surface area (Å²) in [5.41, 5.74) is 0. The maximum absolute atomic E-state index is 12.8. The van der Waals surface area contributed by atoms with Crippen molar-refractivity contribution in [3.8, 4) is 0 Å². The fourth-order valence-corrected chi connectivity index (χ4v) is 7.11. The molecular formula is C58H98O6. The van der Waals surface area contributed by atoms with E-state index >= 15 is 0 Å². The molecule has 0 saturated heterocycles. The summed E-state index contributed by atoms with van der Waals surface area (Å²) in [5.74, 6) is -0.941. The van der Waals surface area contributed by atoms with E-state index in [1.807, 2.05) is 0 Å². The van der Waals surface area contributed by atoms with E-state index in [1.165, 1.54) is 89.9 Å². The van der Waals surface area contributed by atoms with E-state index < -0.39 is 6.10 Å². The monoisotopic (exact) mass is 891 g/mol. The van der Waals surface area contributed by atoms with Crippen LogP contribution in [-0.2, 0) is 28.6 Å². The molecule has 0 aliphatic heterocycles. The van der Waals surface area contributed by atoms with Gasteiger partial charge in [0.15, 0.2) is 6.10 Å². The van der Waals surface area contributed by atoms with Gasteiger partial charge in [0, 0.05) is 19.3 Å². The van der Waals surface area contributed by atoms with E-state index in [-0.39, 0.29) is 31.1 Å². The van der Waals surface area contributed by atoms with Gasteiger partial charge in [0.25, 0.3) is 0 Å². The smallest absolute Gasteiger partial charge is 0.306 e. The van der Waals surface area contributed by atoms with Gasteiger partial charge in [-0.1, -0.05) is 202 Å². The molecular weight excluding hydrogens is 793 g/mol. The molecule has 1 atom stereocenters. The number of hydrogen-bond acceptors (Lipinski definition) is 6. The number of unbranched alkanes of at least 4 members (excludes halogenated alkanes) is 22. The van der Waals surface area contributed by atoms with E-state index in [4.69, 9.17) is 14.2 Å². The second-order valence-corrected chi connectivity index (χ2v) is 17.4. The number of esters is 3. The molecule has 366 valence electrons. The van der Waals surface area contributed by atoms with Gasteiger partial charge < -0.3 is 14.2 Å². The Bertz CT molecular complexity index is 1250. The van der Waals surface area contributed by atoms with E-state index in [0.717, 1.165) is 116 Å². The van der Waals surface area contributed by atoms with Crippen LogP contribution < -0.4 is 0 Å². The lowest BCUT2D eigenvalue weighted by atomic mass is 10.1. The molecule has 0 heterocycles. The molecule has 0 N–H and O–H groups in total. The molecule has 0 amide bonds. The zero-order chi connectivity index (χ0) is 46.5. The average Bonchev–Trinajstić information content (AvgIpc) is 3.29. The Morgan fingerprint density at radius 2 is 0.641 bits per heavy atom. The molecule has 0 rings (SSSR count). The van der Waals surface area contributed by atoms with Crippen LogP contribution in [0.5, 0.6) is 0 Å². The van der Waals surface area contributed by atoms with Gasteiger partial charge in [-0.05, 0) is 109 Å². The lowest BCUT2D eigenvalue weighted by molar-refractivity contribution is -0.167. The predicted molar refractivity (Wildman–Crippen MR) is 274 cm³/mol. The third kappa shape index (κ3) is 49.6. The largest absolute Gasteiger partial charge is 0.462 e. The number of rotatable bonds is 47. The third-order valence-corrected chi connectivity index (χ3v) is 11.1. The maximum Gasteiger partial charge on any atom is 0.306 e. The van der Waals surface area contributed by atoms with Crippen molar-refractivity contribution in [1.82, 2.24) is 0 Å². The predicted octanol–water partition coefficient (Wildman–Crippen LogP) is 17.6. The van der Waals surface area contributed by atoms with Crippen LogP contribution in [0, 0.1) is 0 Å². The molecule has 6 heteroatoms. The molecule has 0 aliphatic rings. The van der Waals surface area contributed by atoms with Gasteiger partial charge in [-0.25, -0.2) is 0 Å². The molecule has 6 nitrogen and oxygen atoms in total. The van der Waals surface area contributed by atoms with Crippen molar-refractivity contribution in [3.05, 3.63) is 85.1 Å². The van der Waals surface area contributed by atoms with Crippen molar-refractivity contribution in [3.63, 3.8) is 0 Å². The van der Waals surface area contributed by atoms with Crippen molar-refractivity contribution in [2.24, 2.45) is 0 Å². The number of allylic oxidation sites excluding steroid dienone is 14. The second-order valence-electron chi connectivity index (χ2n) is 17.4. The summed E-state index contributed by atoms with van der Waals surface area (Å²) in [7, 11) is 0. The molecule has 0 bridgehead atoms. The maximum atomic E-state index is 12.8. The standard InChI is InChI=1S/C58H98O6/c1-4-7-10-13-16-19-22-24-26-28-29-31-32-34-36-39-42-45-48-51-57(60)63-54-55(53-62-56(59)50-47-44-41-38-21-18-15-12-9-6-3)64-58(61)52-49-46-43-40-37-35-33-30-27-25-23-20-17-14-11-8-5-2/h7,10,12,15-16,19,24-27,29,31,34,36,55H,4-6,8-9,11,13-14,17-18,20-23,28,30,32-33,35,37-54H2,1-3H3/b10-7-,15-12-,19-16-,26-24-,27-25-,31-29-,36-34-. The number of hydrogen-bond donors (Lipinski definition) is 0. The Morgan fingerprint density at radius 1 is 0.328 bits per heavy atom. The van der Waals surface area contributed by atoms with Gasteiger partial charge >= 0.3 is 17.9 Å². The second kappa shape index (κ2) is 52.2. The summed E-state index contributed by atoms with van der Waals surface area (Å²) in [6.45, 7) is 6.42. The topological polar surface area (TPSA) is 78.9 Å². The highest BCUT2D eigenvalue weighted by molar-refractivity contribution is 5.71. The SMILES string of the molecule is CC/C=C\C/C=C\C/C=C\C/C=C\C/C=C\CCCCCC(=O)OCC(COC(=O)CCCCCCC/C=C\CCC)OC(=O)CCCCCCCCC/C=C\CCCCCCCC. The number of carbonyl (C=O) groups is 3. The highest BCUT2D eigenvalue weighted by Gasteiger charge is 2.19. The lowest BCUT2D eigenvalue weighted by Crippen LogP contribution is -2.30. The summed E-state index contributed by atoms with van der Waals surface area (Å²) < 4.78 is 16.8. The van der Waals surface area contributed by atoms with Crippen molar-refractivity contribution < 1.29 is 28.6 Å². The summed E-state index contributed by atoms with van der Waals surface area (Å²) in [6.07, 6.45) is 67.1. The molecule has 0 aromatic carbocycles. The van der Waals surface area contributed by atoms with Crippen LogP contribution in [0.1, 0.15) is 245 Å². The van der Waals surface area contributed by atoms with Gasteiger partial charge in [-0.2, -0.15) is 0 Å². The third-order valence-electron chi connectivity index (χ3n) is 11.1. The van der Waals surface area contributed by atoms with Crippen LogP contribution in [0.15, 0.2) is 85.1 Å². The van der Waals surface area contributed by atoms with Crippen LogP contribution in [0.2, 0.25) is 0 Å². The minimum atomic E-state index is -0.795. The molecule has 0 fully saturated rings. The molecule has 0 radical (unpaired) electrons. The van der Waals surface area contributed by atoms with E-state index in [0.29, 0.717) is 19.3 Å². The Hall–Kier alpha value is -3.41. The summed E-state index contributed by atoms with van der Waals surface area (Å²) >= 11 is 0. The van der Waals surface area contributed by atoms with E-state index in [2.05, 4.69) is 106 Å². The van der Waals surface area contributed by atoms with E-state index in [9.17, 15) is 14.4 Å². The highest BCUT2D eigenvalue weighted by Crippen LogP contribution is 2.14. The normalized spacial score (nSPS) is 12.7. The van der Waals surface area contributed by atoms with Crippen molar-refractivity contribution in [1.29, 1.82) is 0 Å². The van der Waals surface area contributed by atoms with Gasteiger partial charge in [0.2, 0.25) is 0 Å². The van der Waals surface area contributed by atoms with Gasteiger partial charge in [0.1, 0.15) is 13.2 Å². The molecule has 0 saturated carbocycles. The van der Waals surface area contributed by atoms with Crippen LogP contribution in [0.3, 0.4) is 0 Å². The van der Waals surface area contributed by atoms with Crippen LogP contribution in [0.4, 0.5) is 0 Å². The molecule has 0 aromatic heterocycles. The van der Waals surface area contributed by atoms with E-state index in [1.54, 1.807) is 0 Å². The highest BCUT2D eigenvalue weighted by atomic mass is 16.6. The fraction of sp³-hybridized carbons (Fsp3) is 0.707. The first-order chi connectivity index (χ1) is 31.5. The van der Waals surface area contributed by atoms with Crippen LogP contribution in [0.25, 0.3) is 0 Å². The Balaban J connectivity index is 4.41. The molecule has 0 aromatic rings. The Kier molecular flexibility index (Phi) is 49.4. The zero-order valence-corrected chi connectivity index (χ0v) is 41.8. The first kappa shape index (κ1) is 60.6. The fourth-order valence-electron chi connectivity index (χ4n) is 7.11. The minimum absolute atomic E-state index is 0.0938. The first-order valence-corrected chi connectivity index (χ1v) is 26.6. The summed E-state index contributed by atoms with van der Waals surface area (Å²) in [5, 5.41) is 0. The van der Waals surface area contributed by atoms with Crippen molar-refractivity contribution in [2.75, 3.05) is 13.2 Å². The minimum Gasteiger partial charge on any atom is -0.462 e. The van der Waals surface area contributed by atoms with Crippen molar-refractivity contribution >= 4 is 17.9 Å². The van der Waals surface area contributed by atoms with Crippen molar-refractivity contribution in [2.45, 2.75) is 252 Å². The first-order valence-electron chi connectivity index (χ1n) is 26.6. The molecule has 1 unspecified atom stereocenters. The van der Waals surface area contributed by atoms with Gasteiger partial charge in [0.05, 0.1) is 0 Å². The Labute approximate surface area is 395 Å². The van der Waals surface area contributed by atoms with Gasteiger partial charge in [-0.15, -0.1) is 0 Å². The average molecular weight is 891 g/mol. The lowest BCUT2D eigenvalue weighted by Gasteiger charge is -2.18. The summed E-state index contributed by atoms with van der Waals surface area (Å²) in [6, 6.07) is 0. The summed E-state index contributed by atoms with van der Waals surface area (Å²) in [4.78, 5) is 38.0. The van der Waals surface area contributed by atoms with Crippen LogP contribution >= 0.6 is 0 Å². The quantitative estimate of drug-likeness (QED) is 0.0262. The molecule has 0 aliphatic carbocycles.